The van der Waals surface area contributed by atoms with E-state index >= 15 is 0 Å². The molecule has 0 fully saturated rings. The van der Waals surface area contributed by atoms with E-state index in [0.29, 0.717) is 17.3 Å². The maximum Gasteiger partial charge on any atom is 0.319 e. The van der Waals surface area contributed by atoms with Crippen molar-refractivity contribution in [1.29, 1.82) is 0 Å². The average molecular weight is 284 g/mol. The molecular weight excluding hydrogens is 262 g/mol. The van der Waals surface area contributed by atoms with Crippen LogP contribution in [0.1, 0.15) is 31.7 Å². The highest BCUT2D eigenvalue weighted by Gasteiger charge is 2.10. The van der Waals surface area contributed by atoms with Gasteiger partial charge in [0.15, 0.2) is 0 Å². The number of hydrogen-bond donors (Lipinski definition) is 3. The highest BCUT2D eigenvalue weighted by Crippen LogP contribution is 2.19. The number of anilines is 1. The number of rotatable bonds is 6. The molecule has 0 saturated carbocycles. The highest BCUT2D eigenvalue weighted by atomic mass is 35.5. The number of amides is 2. The smallest absolute Gasteiger partial charge is 0.319 e. The summed E-state index contributed by atoms with van der Waals surface area (Å²) in [7, 11) is 0. The van der Waals surface area contributed by atoms with E-state index in [9.17, 15) is 4.79 Å². The molecule has 0 radical (unpaired) electrons. The monoisotopic (exact) mass is 283 g/mol. The van der Waals surface area contributed by atoms with Gasteiger partial charge in [-0.05, 0) is 31.0 Å². The van der Waals surface area contributed by atoms with Crippen LogP contribution in [0.4, 0.5) is 10.5 Å². The van der Waals surface area contributed by atoms with Crippen LogP contribution < -0.4 is 16.4 Å². The lowest BCUT2D eigenvalue weighted by Crippen LogP contribution is -2.42. The minimum Gasteiger partial charge on any atom is -0.334 e. The van der Waals surface area contributed by atoms with Gasteiger partial charge in [0.25, 0.3) is 0 Å². The Hall–Kier alpha value is -1.26. The fourth-order valence-corrected chi connectivity index (χ4v) is 1.90. The van der Waals surface area contributed by atoms with Gasteiger partial charge in [-0.1, -0.05) is 37.4 Å². The van der Waals surface area contributed by atoms with Crippen molar-refractivity contribution in [3.63, 3.8) is 0 Å². The van der Waals surface area contributed by atoms with Gasteiger partial charge in [0.05, 0.1) is 0 Å². The molecule has 1 aromatic carbocycles. The second kappa shape index (κ2) is 8.02. The fourth-order valence-electron chi connectivity index (χ4n) is 1.72. The summed E-state index contributed by atoms with van der Waals surface area (Å²) in [6, 6.07) is 5.20. The lowest BCUT2D eigenvalue weighted by atomic mass is 10.1. The van der Waals surface area contributed by atoms with E-state index in [-0.39, 0.29) is 12.1 Å². The number of carbonyl (C=O) groups is 1. The number of hydrogen-bond acceptors (Lipinski definition) is 2. The molecule has 0 heterocycles. The number of halogens is 1. The van der Waals surface area contributed by atoms with Gasteiger partial charge in [-0.3, -0.25) is 0 Å². The minimum absolute atomic E-state index is 0.0147. The second-order valence-corrected chi connectivity index (χ2v) is 5.04. The third kappa shape index (κ3) is 5.49. The Morgan fingerprint density at radius 2 is 2.21 bits per heavy atom. The molecule has 0 aromatic heterocycles. The summed E-state index contributed by atoms with van der Waals surface area (Å²) >= 11 is 6.01. The predicted molar refractivity (Wildman–Crippen MR) is 80.7 cm³/mol. The minimum atomic E-state index is -0.244. The van der Waals surface area contributed by atoms with Gasteiger partial charge in [0.1, 0.15) is 0 Å². The molecule has 106 valence electrons. The molecule has 0 aliphatic heterocycles. The van der Waals surface area contributed by atoms with Gasteiger partial charge in [0, 0.05) is 23.3 Å². The van der Waals surface area contributed by atoms with Crippen molar-refractivity contribution in [1.82, 2.24) is 5.32 Å². The van der Waals surface area contributed by atoms with Crippen molar-refractivity contribution in [3.8, 4) is 0 Å². The van der Waals surface area contributed by atoms with Gasteiger partial charge < -0.3 is 16.4 Å². The van der Waals surface area contributed by atoms with Crippen LogP contribution in [0, 0.1) is 6.92 Å². The normalized spacial score (nSPS) is 12.0. The zero-order valence-corrected chi connectivity index (χ0v) is 12.3. The summed E-state index contributed by atoms with van der Waals surface area (Å²) in [5.41, 5.74) is 7.30. The molecular formula is C14H22ClN3O. The number of unbranched alkanes of at least 4 members (excludes halogenated alkanes) is 1. The van der Waals surface area contributed by atoms with Crippen LogP contribution in [0.3, 0.4) is 0 Å². The molecule has 1 rings (SSSR count). The van der Waals surface area contributed by atoms with E-state index in [4.69, 9.17) is 17.3 Å². The number of nitrogens with one attached hydrogen (secondary N) is 2. The zero-order valence-electron chi connectivity index (χ0n) is 11.5. The number of nitrogens with two attached hydrogens (primary N) is 1. The van der Waals surface area contributed by atoms with Gasteiger partial charge in [0.2, 0.25) is 0 Å². The van der Waals surface area contributed by atoms with E-state index in [1.807, 2.05) is 19.1 Å². The molecule has 5 heteroatoms. The molecule has 0 bridgehead atoms. The Labute approximate surface area is 119 Å². The van der Waals surface area contributed by atoms with E-state index < -0.39 is 0 Å². The van der Waals surface area contributed by atoms with E-state index in [0.717, 1.165) is 24.8 Å². The molecule has 0 aliphatic carbocycles. The molecule has 1 unspecified atom stereocenters. The third-order valence-corrected chi connectivity index (χ3v) is 3.36. The van der Waals surface area contributed by atoms with Crippen molar-refractivity contribution in [2.24, 2.45) is 5.73 Å². The number of aryl methyl sites for hydroxylation is 1. The third-order valence-electron chi connectivity index (χ3n) is 2.96. The lowest BCUT2D eigenvalue weighted by Gasteiger charge is -2.17. The summed E-state index contributed by atoms with van der Waals surface area (Å²) in [6.45, 7) is 4.48. The van der Waals surface area contributed by atoms with Crippen molar-refractivity contribution in [2.45, 2.75) is 39.2 Å². The van der Waals surface area contributed by atoms with E-state index in [1.165, 1.54) is 0 Å². The Bertz CT molecular complexity index is 423. The average Bonchev–Trinajstić information content (AvgIpc) is 2.38. The van der Waals surface area contributed by atoms with Gasteiger partial charge in [-0.15, -0.1) is 0 Å². The molecule has 2 amide bonds. The Kier molecular flexibility index (Phi) is 6.67. The van der Waals surface area contributed by atoms with Crippen molar-refractivity contribution in [3.05, 3.63) is 28.8 Å². The molecule has 4 nitrogen and oxygen atoms in total. The molecule has 0 saturated heterocycles. The maximum absolute atomic E-state index is 11.8. The summed E-state index contributed by atoms with van der Waals surface area (Å²) in [5.74, 6) is 0. The topological polar surface area (TPSA) is 67.1 Å². The van der Waals surface area contributed by atoms with Crippen LogP contribution in [0.25, 0.3) is 0 Å². The van der Waals surface area contributed by atoms with Crippen LogP contribution in [0.15, 0.2) is 18.2 Å². The first-order valence-corrected chi connectivity index (χ1v) is 6.98. The Balaban J connectivity index is 2.51. The largest absolute Gasteiger partial charge is 0.334 e. The first-order valence-electron chi connectivity index (χ1n) is 6.60. The Morgan fingerprint density at radius 3 is 2.79 bits per heavy atom. The summed E-state index contributed by atoms with van der Waals surface area (Å²) in [5, 5.41) is 6.27. The first-order chi connectivity index (χ1) is 9.06. The van der Waals surface area contributed by atoms with Crippen molar-refractivity contribution in [2.75, 3.05) is 11.9 Å². The van der Waals surface area contributed by atoms with Crippen LogP contribution in [0.5, 0.6) is 0 Å². The van der Waals surface area contributed by atoms with Crippen LogP contribution in [-0.2, 0) is 0 Å². The summed E-state index contributed by atoms with van der Waals surface area (Å²) < 4.78 is 0. The molecule has 19 heavy (non-hydrogen) atoms. The van der Waals surface area contributed by atoms with Crippen molar-refractivity contribution < 1.29 is 4.79 Å². The van der Waals surface area contributed by atoms with Crippen LogP contribution >= 0.6 is 11.6 Å². The van der Waals surface area contributed by atoms with E-state index in [1.54, 1.807) is 6.07 Å². The predicted octanol–water partition coefficient (Wildman–Crippen LogP) is 3.29. The second-order valence-electron chi connectivity index (χ2n) is 4.64. The molecule has 1 atom stereocenters. The molecule has 4 N–H and O–H groups in total. The maximum atomic E-state index is 11.8. The van der Waals surface area contributed by atoms with Gasteiger partial charge in [-0.25, -0.2) is 4.79 Å². The van der Waals surface area contributed by atoms with Gasteiger partial charge in [-0.2, -0.15) is 0 Å². The first kappa shape index (κ1) is 15.8. The quantitative estimate of drug-likeness (QED) is 0.750. The summed E-state index contributed by atoms with van der Waals surface area (Å²) in [6.07, 6.45) is 3.04. The molecule has 1 aromatic rings. The standard InChI is InChI=1S/C14H22ClN3O/c1-3-4-5-12(9-16)18-14(19)17-11-7-6-10(2)13(15)8-11/h6-8,12H,3-5,9,16H2,1-2H3,(H2,17,18,19). The lowest BCUT2D eigenvalue weighted by molar-refractivity contribution is 0.247. The summed E-state index contributed by atoms with van der Waals surface area (Å²) in [4.78, 5) is 11.8. The van der Waals surface area contributed by atoms with E-state index in [2.05, 4.69) is 17.6 Å². The Morgan fingerprint density at radius 1 is 1.47 bits per heavy atom. The number of benzene rings is 1. The number of carbonyl (C=O) groups excluding carboxylic acids is 1. The molecule has 0 aliphatic rings. The van der Waals surface area contributed by atoms with Gasteiger partial charge >= 0.3 is 6.03 Å². The fraction of sp³-hybridized carbons (Fsp3) is 0.500. The van der Waals surface area contributed by atoms with Crippen molar-refractivity contribution >= 4 is 23.3 Å². The zero-order chi connectivity index (χ0) is 14.3. The molecule has 0 spiro atoms. The SMILES string of the molecule is CCCCC(CN)NC(=O)Nc1ccc(C)c(Cl)c1. The number of urea groups is 1. The van der Waals surface area contributed by atoms with Crippen LogP contribution in [0.2, 0.25) is 5.02 Å². The highest BCUT2D eigenvalue weighted by molar-refractivity contribution is 6.31. The van der Waals surface area contributed by atoms with Crippen LogP contribution in [-0.4, -0.2) is 18.6 Å².